The van der Waals surface area contributed by atoms with E-state index in [4.69, 9.17) is 9.97 Å². The summed E-state index contributed by atoms with van der Waals surface area (Å²) < 4.78 is 0. The van der Waals surface area contributed by atoms with Gasteiger partial charge in [-0.05, 0) is 26.1 Å². The number of anilines is 1. The highest BCUT2D eigenvalue weighted by atomic mass is 32.1. The van der Waals surface area contributed by atoms with E-state index in [2.05, 4.69) is 27.3 Å². The Kier molecular flexibility index (Phi) is 5.59. The molecule has 1 aliphatic rings. The van der Waals surface area contributed by atoms with Gasteiger partial charge in [-0.25, -0.2) is 9.97 Å². The van der Waals surface area contributed by atoms with Gasteiger partial charge in [0.1, 0.15) is 16.5 Å². The van der Waals surface area contributed by atoms with Crippen LogP contribution in [-0.2, 0) is 6.54 Å². The van der Waals surface area contributed by atoms with Crippen molar-refractivity contribution in [1.29, 1.82) is 0 Å². The number of rotatable bonds is 5. The number of hydrogen-bond donors (Lipinski definition) is 2. The summed E-state index contributed by atoms with van der Waals surface area (Å²) in [7, 11) is 4.01. The van der Waals surface area contributed by atoms with Gasteiger partial charge in [0.05, 0.1) is 18.0 Å². The topological polar surface area (TPSA) is 72.7 Å². The van der Waals surface area contributed by atoms with E-state index in [1.165, 1.54) is 0 Å². The lowest BCUT2D eigenvalue weighted by Gasteiger charge is -2.36. The Labute approximate surface area is 169 Å². The summed E-state index contributed by atoms with van der Waals surface area (Å²) in [6.07, 6.45) is 0.191. The van der Waals surface area contributed by atoms with Crippen molar-refractivity contribution in [2.75, 3.05) is 38.7 Å². The van der Waals surface area contributed by atoms with E-state index < -0.39 is 6.10 Å². The number of aliphatic hydroxyl groups excluding tert-OH is 2. The van der Waals surface area contributed by atoms with Crippen LogP contribution in [0.1, 0.15) is 12.2 Å². The van der Waals surface area contributed by atoms with Crippen LogP contribution in [0.25, 0.3) is 21.3 Å². The summed E-state index contributed by atoms with van der Waals surface area (Å²) >= 11 is 1.64. The molecule has 0 unspecified atom stereocenters. The van der Waals surface area contributed by atoms with Crippen molar-refractivity contribution < 1.29 is 10.2 Å². The standard InChI is InChI=1S/C21H26N4O2S/c1-24(2)11-18-22-20(25-9-8-15(12-26)17(27)10-25)19-16(13-28-21(19)23-18)14-6-4-3-5-7-14/h3-7,13,15,17,26-27H,8-12H2,1-2H3/t15-,17-/m0/s1. The van der Waals surface area contributed by atoms with Crippen LogP contribution in [0.5, 0.6) is 0 Å². The summed E-state index contributed by atoms with van der Waals surface area (Å²) in [5.74, 6) is 1.61. The molecule has 0 amide bonds. The molecule has 0 spiro atoms. The fourth-order valence-corrected chi connectivity index (χ4v) is 4.73. The maximum atomic E-state index is 10.5. The number of piperidine rings is 1. The Balaban J connectivity index is 1.83. The van der Waals surface area contributed by atoms with E-state index in [0.717, 1.165) is 46.0 Å². The molecule has 2 N–H and O–H groups in total. The van der Waals surface area contributed by atoms with Crippen molar-refractivity contribution >= 4 is 27.4 Å². The van der Waals surface area contributed by atoms with E-state index in [1.807, 2.05) is 32.3 Å². The Morgan fingerprint density at radius 2 is 2.00 bits per heavy atom. The molecule has 0 saturated carbocycles. The first-order valence-electron chi connectivity index (χ1n) is 9.59. The highest BCUT2D eigenvalue weighted by Crippen LogP contribution is 2.39. The van der Waals surface area contributed by atoms with Crippen LogP contribution in [0.3, 0.4) is 0 Å². The summed E-state index contributed by atoms with van der Waals surface area (Å²) in [5, 5.41) is 23.2. The zero-order chi connectivity index (χ0) is 19.7. The Bertz CT molecular complexity index is 944. The van der Waals surface area contributed by atoms with Crippen LogP contribution >= 0.6 is 11.3 Å². The molecular weight excluding hydrogens is 372 g/mol. The van der Waals surface area contributed by atoms with Gasteiger partial charge < -0.3 is 20.0 Å². The monoisotopic (exact) mass is 398 g/mol. The molecule has 1 fully saturated rings. The van der Waals surface area contributed by atoms with Crippen LogP contribution in [0.2, 0.25) is 0 Å². The Hall–Kier alpha value is -2.06. The van der Waals surface area contributed by atoms with E-state index in [-0.39, 0.29) is 12.5 Å². The molecule has 3 heterocycles. The molecule has 7 heteroatoms. The van der Waals surface area contributed by atoms with Crippen LogP contribution in [0.15, 0.2) is 35.7 Å². The first-order chi connectivity index (χ1) is 13.6. The minimum Gasteiger partial charge on any atom is -0.396 e. The van der Waals surface area contributed by atoms with Crippen LogP contribution < -0.4 is 4.90 Å². The number of hydrogen-bond acceptors (Lipinski definition) is 7. The highest BCUT2D eigenvalue weighted by Gasteiger charge is 2.30. The van der Waals surface area contributed by atoms with Crippen molar-refractivity contribution in [3.63, 3.8) is 0 Å². The fourth-order valence-electron chi connectivity index (χ4n) is 3.76. The largest absolute Gasteiger partial charge is 0.396 e. The van der Waals surface area contributed by atoms with Crippen molar-refractivity contribution in [3.8, 4) is 11.1 Å². The zero-order valence-electron chi connectivity index (χ0n) is 16.2. The zero-order valence-corrected chi connectivity index (χ0v) is 17.1. The molecule has 6 nitrogen and oxygen atoms in total. The number of benzene rings is 1. The summed E-state index contributed by atoms with van der Waals surface area (Å²) in [6, 6.07) is 10.3. The molecule has 2 aromatic heterocycles. The molecule has 1 aliphatic heterocycles. The van der Waals surface area contributed by atoms with Crippen molar-refractivity contribution in [2.24, 2.45) is 5.92 Å². The first-order valence-corrected chi connectivity index (χ1v) is 10.5. The molecule has 148 valence electrons. The maximum Gasteiger partial charge on any atom is 0.146 e. The van der Waals surface area contributed by atoms with Gasteiger partial charge in [-0.2, -0.15) is 0 Å². The third kappa shape index (κ3) is 3.75. The summed E-state index contributed by atoms with van der Waals surface area (Å²) in [5.41, 5.74) is 2.27. The van der Waals surface area contributed by atoms with Gasteiger partial charge in [0, 0.05) is 36.6 Å². The first kappa shape index (κ1) is 19.3. The number of fused-ring (bicyclic) bond motifs is 1. The predicted molar refractivity (Wildman–Crippen MR) is 114 cm³/mol. The molecule has 28 heavy (non-hydrogen) atoms. The van der Waals surface area contributed by atoms with Crippen LogP contribution in [0, 0.1) is 5.92 Å². The molecule has 3 aromatic rings. The smallest absolute Gasteiger partial charge is 0.146 e. The quantitative estimate of drug-likeness (QED) is 0.688. The third-order valence-corrected chi connectivity index (χ3v) is 6.13. The number of nitrogens with zero attached hydrogens (tertiary/aromatic N) is 4. The van der Waals surface area contributed by atoms with Crippen LogP contribution in [0.4, 0.5) is 5.82 Å². The van der Waals surface area contributed by atoms with Gasteiger partial charge >= 0.3 is 0 Å². The Morgan fingerprint density at radius 1 is 1.21 bits per heavy atom. The minimum atomic E-state index is -0.556. The maximum absolute atomic E-state index is 10.5. The highest BCUT2D eigenvalue weighted by molar-refractivity contribution is 7.17. The lowest BCUT2D eigenvalue weighted by molar-refractivity contribution is 0.0546. The third-order valence-electron chi connectivity index (χ3n) is 5.26. The average molecular weight is 399 g/mol. The van der Waals surface area contributed by atoms with Gasteiger partial charge in [0.2, 0.25) is 0 Å². The fraction of sp³-hybridized carbons (Fsp3) is 0.429. The van der Waals surface area contributed by atoms with Crippen molar-refractivity contribution in [3.05, 3.63) is 41.5 Å². The predicted octanol–water partition coefficient (Wildman–Crippen LogP) is 2.60. The minimum absolute atomic E-state index is 0.0216. The number of aromatic nitrogens is 2. The van der Waals surface area contributed by atoms with Gasteiger partial charge in [-0.3, -0.25) is 0 Å². The molecular formula is C21H26N4O2S. The number of aliphatic hydroxyl groups is 2. The van der Waals surface area contributed by atoms with E-state index in [9.17, 15) is 10.2 Å². The van der Waals surface area contributed by atoms with Gasteiger partial charge in [0.15, 0.2) is 0 Å². The molecule has 4 rings (SSSR count). The van der Waals surface area contributed by atoms with Gasteiger partial charge in [0.25, 0.3) is 0 Å². The van der Waals surface area contributed by atoms with E-state index in [1.54, 1.807) is 11.3 Å². The van der Waals surface area contributed by atoms with Gasteiger partial charge in [-0.1, -0.05) is 30.3 Å². The number of thiophene rings is 1. The summed E-state index contributed by atoms with van der Waals surface area (Å²) in [6.45, 7) is 1.92. The van der Waals surface area contributed by atoms with E-state index >= 15 is 0 Å². The lowest BCUT2D eigenvalue weighted by atomic mass is 9.94. The molecule has 1 saturated heterocycles. The summed E-state index contributed by atoms with van der Waals surface area (Å²) in [4.78, 5) is 14.9. The second-order valence-electron chi connectivity index (χ2n) is 7.64. The average Bonchev–Trinajstić information content (AvgIpc) is 3.11. The molecule has 0 radical (unpaired) electrons. The normalized spacial score (nSPS) is 20.2. The second-order valence-corrected chi connectivity index (χ2v) is 8.50. The molecule has 1 aromatic carbocycles. The van der Waals surface area contributed by atoms with Crippen molar-refractivity contribution in [1.82, 2.24) is 14.9 Å². The second kappa shape index (κ2) is 8.13. The van der Waals surface area contributed by atoms with Gasteiger partial charge in [-0.15, -0.1) is 11.3 Å². The van der Waals surface area contributed by atoms with Crippen LogP contribution in [-0.4, -0.2) is 65.0 Å². The Morgan fingerprint density at radius 3 is 2.68 bits per heavy atom. The SMILES string of the molecule is CN(C)Cc1nc(N2CC[C@@H](CO)[C@@H](O)C2)c2c(-c3ccccc3)csc2n1. The lowest BCUT2D eigenvalue weighted by Crippen LogP contribution is -2.45. The van der Waals surface area contributed by atoms with E-state index in [0.29, 0.717) is 13.1 Å². The molecule has 0 aliphatic carbocycles. The van der Waals surface area contributed by atoms with Crippen molar-refractivity contribution in [2.45, 2.75) is 19.1 Å². The molecule has 0 bridgehead atoms. The number of β-amino-alcohol motifs (C(OH)–C–C–N with tert-alkyl or cyclic N) is 1. The molecule has 2 atom stereocenters.